The van der Waals surface area contributed by atoms with E-state index in [1.54, 1.807) is 6.20 Å². The maximum absolute atomic E-state index is 13.4. The number of likely N-dealkylation sites (tertiary alicyclic amines) is 2. The van der Waals surface area contributed by atoms with E-state index in [1.807, 2.05) is 30.9 Å². The Bertz CT molecular complexity index is 1080. The fourth-order valence-electron chi connectivity index (χ4n) is 6.46. The zero-order valence-electron chi connectivity index (χ0n) is 22.8. The Morgan fingerprint density at radius 2 is 1.65 bits per heavy atom. The van der Waals surface area contributed by atoms with Gasteiger partial charge in [-0.2, -0.15) is 0 Å². The number of aromatic nitrogens is 1. The van der Waals surface area contributed by atoms with Gasteiger partial charge in [0.25, 0.3) is 5.91 Å². The van der Waals surface area contributed by atoms with Gasteiger partial charge in [0.2, 0.25) is 5.91 Å². The number of pyridine rings is 1. The molecule has 1 saturated carbocycles. The highest BCUT2D eigenvalue weighted by Crippen LogP contribution is 2.35. The molecule has 1 aromatic heterocycles. The Kier molecular flexibility index (Phi) is 7.66. The minimum absolute atomic E-state index is 0.100. The molecule has 0 atom stereocenters. The first-order valence-corrected chi connectivity index (χ1v) is 14.2. The molecule has 0 unspecified atom stereocenters. The molecule has 3 aliphatic rings. The van der Waals surface area contributed by atoms with Crippen molar-refractivity contribution in [3.8, 4) is 0 Å². The Morgan fingerprint density at radius 1 is 0.973 bits per heavy atom. The molecule has 2 amide bonds. The third-order valence-electron chi connectivity index (χ3n) is 9.29. The molecule has 2 aliphatic heterocycles. The van der Waals surface area contributed by atoms with E-state index in [0.717, 1.165) is 88.1 Å². The fourth-order valence-corrected chi connectivity index (χ4v) is 6.46. The number of nitrogens with zero attached hydrogens (tertiary/aromatic N) is 4. The van der Waals surface area contributed by atoms with Crippen LogP contribution in [0.4, 0.5) is 0 Å². The number of carbonyl (C=O) groups excluding carboxylic acids is 2. The number of hydrogen-bond donors (Lipinski definition) is 0. The fraction of sp³-hybridized carbons (Fsp3) is 0.581. The van der Waals surface area contributed by atoms with Crippen molar-refractivity contribution in [1.29, 1.82) is 0 Å². The topological polar surface area (TPSA) is 56.8 Å². The second-order valence-corrected chi connectivity index (χ2v) is 11.7. The van der Waals surface area contributed by atoms with E-state index in [2.05, 4.69) is 46.0 Å². The summed E-state index contributed by atoms with van der Waals surface area (Å²) in [5, 5.41) is 0. The number of piperidine rings is 2. The van der Waals surface area contributed by atoms with Crippen LogP contribution < -0.4 is 0 Å². The van der Waals surface area contributed by atoms with Gasteiger partial charge in [-0.05, 0) is 76.5 Å². The van der Waals surface area contributed by atoms with Crippen molar-refractivity contribution in [2.24, 2.45) is 5.92 Å². The molecule has 0 radical (unpaired) electrons. The van der Waals surface area contributed by atoms with Crippen LogP contribution in [-0.2, 0) is 11.3 Å². The van der Waals surface area contributed by atoms with E-state index in [9.17, 15) is 9.59 Å². The lowest BCUT2D eigenvalue weighted by Crippen LogP contribution is -2.58. The zero-order chi connectivity index (χ0) is 26.0. The Balaban J connectivity index is 1.19. The zero-order valence-corrected chi connectivity index (χ0v) is 22.8. The van der Waals surface area contributed by atoms with Crippen molar-refractivity contribution in [3.63, 3.8) is 0 Å². The molecule has 0 N–H and O–H groups in total. The minimum Gasteiger partial charge on any atom is -0.338 e. The SMILES string of the molecule is Cc1ccnc(C)c1C(=O)N1CCC(C)(N2CCC(N(Cc3ccccc3)C(=O)C3CCC3)CC2)CC1. The Labute approximate surface area is 222 Å². The van der Waals surface area contributed by atoms with Crippen LogP contribution in [0.5, 0.6) is 0 Å². The summed E-state index contributed by atoms with van der Waals surface area (Å²) >= 11 is 0. The second-order valence-electron chi connectivity index (χ2n) is 11.7. The van der Waals surface area contributed by atoms with Crippen LogP contribution in [0.2, 0.25) is 0 Å². The van der Waals surface area contributed by atoms with Crippen molar-refractivity contribution in [1.82, 2.24) is 19.7 Å². The van der Waals surface area contributed by atoms with Crippen LogP contribution in [0.25, 0.3) is 0 Å². The molecule has 198 valence electrons. The van der Waals surface area contributed by atoms with E-state index >= 15 is 0 Å². The second kappa shape index (κ2) is 10.9. The van der Waals surface area contributed by atoms with Gasteiger partial charge in [0, 0.05) is 56.4 Å². The molecule has 37 heavy (non-hydrogen) atoms. The Hall–Kier alpha value is -2.73. The van der Waals surface area contributed by atoms with E-state index in [1.165, 1.54) is 12.0 Å². The first kappa shape index (κ1) is 25.9. The quantitative estimate of drug-likeness (QED) is 0.559. The van der Waals surface area contributed by atoms with Gasteiger partial charge in [-0.15, -0.1) is 0 Å². The van der Waals surface area contributed by atoms with E-state index in [-0.39, 0.29) is 17.4 Å². The maximum Gasteiger partial charge on any atom is 0.255 e. The lowest BCUT2D eigenvalue weighted by Gasteiger charge is -2.50. The average Bonchev–Trinajstić information content (AvgIpc) is 2.87. The summed E-state index contributed by atoms with van der Waals surface area (Å²) in [6, 6.07) is 12.7. The van der Waals surface area contributed by atoms with Gasteiger partial charge in [-0.25, -0.2) is 0 Å². The molecule has 6 heteroatoms. The molecule has 0 spiro atoms. The third kappa shape index (κ3) is 5.45. The number of benzene rings is 1. The molecule has 3 heterocycles. The van der Waals surface area contributed by atoms with Crippen molar-refractivity contribution in [2.75, 3.05) is 26.2 Å². The molecule has 2 aromatic rings. The van der Waals surface area contributed by atoms with Crippen molar-refractivity contribution >= 4 is 11.8 Å². The van der Waals surface area contributed by atoms with Gasteiger partial charge in [0.1, 0.15) is 0 Å². The predicted molar refractivity (Wildman–Crippen MR) is 146 cm³/mol. The van der Waals surface area contributed by atoms with Crippen LogP contribution in [0.15, 0.2) is 42.6 Å². The third-order valence-corrected chi connectivity index (χ3v) is 9.29. The molecule has 6 nitrogen and oxygen atoms in total. The Morgan fingerprint density at radius 3 is 2.24 bits per heavy atom. The highest BCUT2D eigenvalue weighted by atomic mass is 16.2. The summed E-state index contributed by atoms with van der Waals surface area (Å²) in [5.74, 6) is 0.718. The van der Waals surface area contributed by atoms with Crippen molar-refractivity contribution < 1.29 is 9.59 Å². The molecule has 1 aromatic carbocycles. The summed E-state index contributed by atoms with van der Waals surface area (Å²) in [5.41, 5.74) is 3.91. The molecular formula is C31H42N4O2. The minimum atomic E-state index is 0.100. The lowest BCUT2D eigenvalue weighted by atomic mass is 9.82. The highest BCUT2D eigenvalue weighted by Gasteiger charge is 2.41. The predicted octanol–water partition coefficient (Wildman–Crippen LogP) is 4.99. The van der Waals surface area contributed by atoms with Crippen LogP contribution >= 0.6 is 0 Å². The molecular weight excluding hydrogens is 460 g/mol. The van der Waals surface area contributed by atoms with Gasteiger partial charge < -0.3 is 9.80 Å². The van der Waals surface area contributed by atoms with Gasteiger partial charge in [0.05, 0.1) is 11.3 Å². The van der Waals surface area contributed by atoms with Crippen LogP contribution in [0, 0.1) is 19.8 Å². The van der Waals surface area contributed by atoms with Crippen molar-refractivity contribution in [2.45, 2.75) is 83.8 Å². The summed E-state index contributed by atoms with van der Waals surface area (Å²) in [6.45, 7) is 10.6. The first-order valence-electron chi connectivity index (χ1n) is 14.2. The standard InChI is InChI=1S/C31H42N4O2/c1-23-12-17-32-24(2)28(23)30(37)33-20-15-31(3,16-21-33)34-18-13-27(14-19-34)35(29(36)26-10-7-11-26)22-25-8-5-4-6-9-25/h4-6,8-9,12,17,26-27H,7,10-11,13-16,18-22H2,1-3H3. The summed E-state index contributed by atoms with van der Waals surface area (Å²) in [6.07, 6.45) is 9.08. The monoisotopic (exact) mass is 502 g/mol. The van der Waals surface area contributed by atoms with Crippen LogP contribution in [0.1, 0.15) is 79.0 Å². The molecule has 1 aliphatic carbocycles. The van der Waals surface area contributed by atoms with Crippen LogP contribution in [0.3, 0.4) is 0 Å². The van der Waals surface area contributed by atoms with E-state index < -0.39 is 0 Å². The number of carbonyl (C=O) groups is 2. The smallest absolute Gasteiger partial charge is 0.255 e. The van der Waals surface area contributed by atoms with Crippen LogP contribution in [-0.4, -0.2) is 69.3 Å². The number of amides is 2. The number of aryl methyl sites for hydroxylation is 2. The first-order chi connectivity index (χ1) is 17.9. The van der Waals surface area contributed by atoms with E-state index in [4.69, 9.17) is 0 Å². The highest BCUT2D eigenvalue weighted by molar-refractivity contribution is 5.96. The van der Waals surface area contributed by atoms with E-state index in [0.29, 0.717) is 11.9 Å². The number of hydrogen-bond acceptors (Lipinski definition) is 4. The maximum atomic E-state index is 13.4. The normalized spacial score (nSPS) is 20.9. The molecule has 0 bridgehead atoms. The lowest BCUT2D eigenvalue weighted by molar-refractivity contribution is -0.143. The van der Waals surface area contributed by atoms with Crippen molar-refractivity contribution in [3.05, 3.63) is 65.0 Å². The van der Waals surface area contributed by atoms with Gasteiger partial charge >= 0.3 is 0 Å². The number of rotatable bonds is 6. The summed E-state index contributed by atoms with van der Waals surface area (Å²) in [4.78, 5) is 37.9. The molecule has 3 fully saturated rings. The molecule has 2 saturated heterocycles. The summed E-state index contributed by atoms with van der Waals surface area (Å²) in [7, 11) is 0. The molecule has 5 rings (SSSR count). The summed E-state index contributed by atoms with van der Waals surface area (Å²) < 4.78 is 0. The average molecular weight is 503 g/mol. The van der Waals surface area contributed by atoms with Gasteiger partial charge in [0.15, 0.2) is 0 Å². The van der Waals surface area contributed by atoms with Gasteiger partial charge in [-0.3, -0.25) is 19.5 Å². The van der Waals surface area contributed by atoms with Gasteiger partial charge in [-0.1, -0.05) is 36.8 Å². The largest absolute Gasteiger partial charge is 0.338 e.